The smallest absolute Gasteiger partial charge is 0.283 e. The van der Waals surface area contributed by atoms with E-state index < -0.39 is 16.7 Å². The number of thiazole rings is 1. The zero-order chi connectivity index (χ0) is 11.6. The van der Waals surface area contributed by atoms with Crippen molar-refractivity contribution in [3.05, 3.63) is 20.2 Å². The third-order valence-corrected chi connectivity index (χ3v) is 2.64. The Bertz CT molecular complexity index is 472. The molecular formula is C9H8F3NOS. The molecule has 1 aromatic heterocycles. The van der Waals surface area contributed by atoms with Crippen LogP contribution in [0.15, 0.2) is 4.79 Å². The first kappa shape index (κ1) is 11.9. The number of aryl methyl sites for hydroxylation is 1. The van der Waals surface area contributed by atoms with Crippen molar-refractivity contribution in [1.82, 2.24) is 4.57 Å². The second-order valence-electron chi connectivity index (χ2n) is 2.78. The minimum Gasteiger partial charge on any atom is -0.283 e. The van der Waals surface area contributed by atoms with Crippen molar-refractivity contribution >= 4 is 11.3 Å². The van der Waals surface area contributed by atoms with Gasteiger partial charge in [-0.25, -0.2) is 0 Å². The number of hydrogen-bond donors (Lipinski definition) is 0. The van der Waals surface area contributed by atoms with Gasteiger partial charge in [-0.1, -0.05) is 17.3 Å². The Labute approximate surface area is 88.3 Å². The molecule has 6 heteroatoms. The molecule has 0 aliphatic carbocycles. The molecule has 0 aliphatic rings. The van der Waals surface area contributed by atoms with E-state index in [9.17, 15) is 18.0 Å². The third kappa shape index (κ3) is 2.42. The highest BCUT2D eigenvalue weighted by molar-refractivity contribution is 7.09. The van der Waals surface area contributed by atoms with Gasteiger partial charge in [0.1, 0.15) is 5.69 Å². The Hall–Kier alpha value is -1.22. The lowest BCUT2D eigenvalue weighted by atomic mass is 10.3. The molecule has 0 amide bonds. The number of hydrogen-bond acceptors (Lipinski definition) is 2. The summed E-state index contributed by atoms with van der Waals surface area (Å²) in [4.78, 5) is 10.6. The molecular weight excluding hydrogens is 227 g/mol. The van der Waals surface area contributed by atoms with Crippen molar-refractivity contribution in [3.8, 4) is 11.8 Å². The SMILES string of the molecule is CC#CCn1c(C(F)(F)F)c(C)sc1=O. The van der Waals surface area contributed by atoms with Gasteiger partial charge in [-0.05, 0) is 13.8 Å². The maximum absolute atomic E-state index is 12.5. The molecule has 0 aromatic carbocycles. The topological polar surface area (TPSA) is 22.0 Å². The minimum absolute atomic E-state index is 0.0228. The van der Waals surface area contributed by atoms with E-state index in [0.717, 1.165) is 0 Å². The molecule has 0 saturated heterocycles. The van der Waals surface area contributed by atoms with Crippen molar-refractivity contribution in [2.75, 3.05) is 0 Å². The molecule has 0 atom stereocenters. The molecule has 0 unspecified atom stereocenters. The quantitative estimate of drug-likeness (QED) is 0.684. The lowest BCUT2D eigenvalue weighted by molar-refractivity contribution is -0.143. The van der Waals surface area contributed by atoms with Crippen LogP contribution in [0, 0.1) is 18.8 Å². The number of rotatable bonds is 1. The van der Waals surface area contributed by atoms with Crippen LogP contribution in [0.5, 0.6) is 0 Å². The van der Waals surface area contributed by atoms with Gasteiger partial charge in [0.15, 0.2) is 0 Å². The largest absolute Gasteiger partial charge is 0.432 e. The van der Waals surface area contributed by atoms with E-state index in [0.29, 0.717) is 15.9 Å². The Morgan fingerprint density at radius 2 is 2.07 bits per heavy atom. The summed E-state index contributed by atoms with van der Waals surface area (Å²) in [6, 6.07) is 0. The monoisotopic (exact) mass is 235 g/mol. The normalized spacial score (nSPS) is 11.0. The van der Waals surface area contributed by atoms with Gasteiger partial charge >= 0.3 is 11.0 Å². The van der Waals surface area contributed by atoms with Crippen LogP contribution in [0.25, 0.3) is 0 Å². The summed E-state index contributed by atoms with van der Waals surface area (Å²) in [6.07, 6.45) is -4.50. The van der Waals surface area contributed by atoms with Gasteiger partial charge in [0, 0.05) is 4.88 Å². The molecule has 0 saturated carbocycles. The zero-order valence-corrected chi connectivity index (χ0v) is 8.92. The van der Waals surface area contributed by atoms with Crippen LogP contribution < -0.4 is 4.87 Å². The Balaban J connectivity index is 3.34. The number of nitrogens with zero attached hydrogens (tertiary/aromatic N) is 1. The first-order chi connectivity index (χ1) is 6.88. The van der Waals surface area contributed by atoms with Crippen molar-refractivity contribution in [2.45, 2.75) is 26.6 Å². The van der Waals surface area contributed by atoms with Crippen LogP contribution in [0.2, 0.25) is 0 Å². The van der Waals surface area contributed by atoms with Crippen molar-refractivity contribution in [1.29, 1.82) is 0 Å². The number of alkyl halides is 3. The van der Waals surface area contributed by atoms with Gasteiger partial charge in [0.05, 0.1) is 6.54 Å². The average Bonchev–Trinajstić information content (AvgIpc) is 2.36. The number of halogens is 3. The van der Waals surface area contributed by atoms with Crippen LogP contribution in [0.1, 0.15) is 17.5 Å². The predicted molar refractivity (Wildman–Crippen MR) is 51.8 cm³/mol. The first-order valence-electron chi connectivity index (χ1n) is 4.05. The molecule has 0 bridgehead atoms. The summed E-state index contributed by atoms with van der Waals surface area (Å²) >= 11 is 0.593. The summed E-state index contributed by atoms with van der Waals surface area (Å²) in [7, 11) is 0. The van der Waals surface area contributed by atoms with Gasteiger partial charge in [-0.2, -0.15) is 13.2 Å². The molecule has 1 aromatic rings. The lowest BCUT2D eigenvalue weighted by Crippen LogP contribution is -2.21. The maximum Gasteiger partial charge on any atom is 0.432 e. The summed E-state index contributed by atoms with van der Waals surface area (Å²) in [5.74, 6) is 4.91. The van der Waals surface area contributed by atoms with E-state index in [4.69, 9.17) is 0 Å². The highest BCUT2D eigenvalue weighted by Crippen LogP contribution is 2.32. The molecule has 0 spiro atoms. The highest BCUT2D eigenvalue weighted by Gasteiger charge is 2.37. The second kappa shape index (κ2) is 4.11. The minimum atomic E-state index is -4.50. The Morgan fingerprint density at radius 1 is 1.47 bits per heavy atom. The van der Waals surface area contributed by atoms with Crippen molar-refractivity contribution in [3.63, 3.8) is 0 Å². The van der Waals surface area contributed by atoms with Gasteiger partial charge in [-0.15, -0.1) is 5.92 Å². The molecule has 82 valence electrons. The van der Waals surface area contributed by atoms with E-state index in [1.807, 2.05) is 0 Å². The van der Waals surface area contributed by atoms with Gasteiger partial charge < -0.3 is 0 Å². The van der Waals surface area contributed by atoms with E-state index in [1.165, 1.54) is 13.8 Å². The molecule has 2 nitrogen and oxygen atoms in total. The van der Waals surface area contributed by atoms with Gasteiger partial charge in [0.2, 0.25) is 0 Å². The predicted octanol–water partition coefficient (Wildman–Crippen LogP) is 2.26. The van der Waals surface area contributed by atoms with Crippen LogP contribution in [-0.2, 0) is 12.7 Å². The Morgan fingerprint density at radius 3 is 2.53 bits per heavy atom. The van der Waals surface area contributed by atoms with Crippen LogP contribution in [-0.4, -0.2) is 4.57 Å². The average molecular weight is 235 g/mol. The van der Waals surface area contributed by atoms with Crippen molar-refractivity contribution in [2.24, 2.45) is 0 Å². The summed E-state index contributed by atoms with van der Waals surface area (Å²) in [5.41, 5.74) is -0.889. The fourth-order valence-corrected chi connectivity index (χ4v) is 2.02. The Kier molecular flexibility index (Phi) is 3.25. The van der Waals surface area contributed by atoms with E-state index in [-0.39, 0.29) is 11.4 Å². The molecule has 1 heterocycles. The first-order valence-corrected chi connectivity index (χ1v) is 4.86. The zero-order valence-electron chi connectivity index (χ0n) is 8.10. The molecule has 0 radical (unpaired) electrons. The number of aromatic nitrogens is 1. The van der Waals surface area contributed by atoms with Crippen molar-refractivity contribution < 1.29 is 13.2 Å². The highest BCUT2D eigenvalue weighted by atomic mass is 32.1. The molecule has 0 N–H and O–H groups in total. The molecule has 0 fully saturated rings. The van der Waals surface area contributed by atoms with E-state index in [1.54, 1.807) is 0 Å². The maximum atomic E-state index is 12.5. The third-order valence-electron chi connectivity index (χ3n) is 1.75. The van der Waals surface area contributed by atoms with Crippen LogP contribution in [0.3, 0.4) is 0 Å². The van der Waals surface area contributed by atoms with Crippen LogP contribution in [0.4, 0.5) is 13.2 Å². The van der Waals surface area contributed by atoms with Gasteiger partial charge in [-0.3, -0.25) is 9.36 Å². The lowest BCUT2D eigenvalue weighted by Gasteiger charge is -2.09. The summed E-state index contributed by atoms with van der Waals surface area (Å²) < 4.78 is 38.3. The fraction of sp³-hybridized carbons (Fsp3) is 0.444. The second-order valence-corrected chi connectivity index (χ2v) is 3.95. The molecule has 1 rings (SSSR count). The standard InChI is InChI=1S/C9H8F3NOS/c1-3-4-5-13-7(9(10,11)12)6(2)15-8(13)14/h5H2,1-2H3. The van der Waals surface area contributed by atoms with Gasteiger partial charge in [0.25, 0.3) is 0 Å². The van der Waals surface area contributed by atoms with E-state index in [2.05, 4.69) is 11.8 Å². The fourth-order valence-electron chi connectivity index (χ4n) is 1.17. The van der Waals surface area contributed by atoms with Crippen LogP contribution >= 0.6 is 11.3 Å². The summed E-state index contributed by atoms with van der Waals surface area (Å²) in [5, 5.41) is 0. The summed E-state index contributed by atoms with van der Waals surface area (Å²) in [6.45, 7) is 2.58. The molecule has 0 aliphatic heterocycles. The molecule has 15 heavy (non-hydrogen) atoms. The van der Waals surface area contributed by atoms with E-state index >= 15 is 0 Å².